The van der Waals surface area contributed by atoms with Gasteiger partial charge in [0.1, 0.15) is 24.0 Å². The van der Waals surface area contributed by atoms with Crippen LogP contribution in [0.15, 0.2) is 72.9 Å². The third kappa shape index (κ3) is 10.2. The van der Waals surface area contributed by atoms with Gasteiger partial charge in [0.2, 0.25) is 17.8 Å². The first-order chi connectivity index (χ1) is 29.4. The quantitative estimate of drug-likeness (QED) is 0.0893. The van der Waals surface area contributed by atoms with E-state index in [1.165, 1.54) is 5.56 Å². The monoisotopic (exact) mass is 867 g/mol. The Morgan fingerprint density at radius 1 is 0.918 bits per heavy atom. The van der Waals surface area contributed by atoms with Gasteiger partial charge in [-0.05, 0) is 124 Å². The molecule has 1 atom stereocenters. The second kappa shape index (κ2) is 18.5. The zero-order valence-corrected chi connectivity index (χ0v) is 36.7. The van der Waals surface area contributed by atoms with E-state index in [9.17, 15) is 18.9 Å². The van der Waals surface area contributed by atoms with Gasteiger partial charge in [0.15, 0.2) is 5.82 Å². The Hall–Kier alpha value is -5.01. The van der Waals surface area contributed by atoms with Gasteiger partial charge in [0.25, 0.3) is 5.91 Å². The first-order valence-electron chi connectivity index (χ1n) is 21.2. The van der Waals surface area contributed by atoms with Gasteiger partial charge >= 0.3 is 0 Å². The summed E-state index contributed by atoms with van der Waals surface area (Å²) in [5.74, 6) is 1.59. The van der Waals surface area contributed by atoms with Gasteiger partial charge in [0, 0.05) is 61.7 Å². The summed E-state index contributed by atoms with van der Waals surface area (Å²) in [5, 5.41) is 12.7. The van der Waals surface area contributed by atoms with Gasteiger partial charge in [-0.1, -0.05) is 29.8 Å². The normalized spacial score (nSPS) is 19.9. The van der Waals surface area contributed by atoms with Crippen LogP contribution in [0.2, 0.25) is 5.02 Å². The molecule has 4 aliphatic rings. The number of nitrogens with one attached hydrogen (secondary N) is 4. The molecule has 0 saturated carbocycles. The third-order valence-electron chi connectivity index (χ3n) is 12.6. The van der Waals surface area contributed by atoms with Crippen molar-refractivity contribution in [3.63, 3.8) is 0 Å². The largest absolute Gasteiger partial charge is 0.495 e. The van der Waals surface area contributed by atoms with E-state index in [4.69, 9.17) is 16.3 Å². The number of piperidine rings is 3. The number of amides is 3. The first-order valence-corrected chi connectivity index (χ1v) is 24.2. The number of nitrogens with zero attached hydrogens (tertiary/aromatic N) is 5. The topological polar surface area (TPSA) is 161 Å². The van der Waals surface area contributed by atoms with E-state index in [-0.39, 0.29) is 18.2 Å². The molecule has 4 N–H and O–H groups in total. The number of aromatic nitrogens is 2. The lowest BCUT2D eigenvalue weighted by molar-refractivity contribution is -0.134. The summed E-state index contributed by atoms with van der Waals surface area (Å²) in [5.41, 5.74) is 4.34. The second-order valence-corrected chi connectivity index (χ2v) is 20.7. The summed E-state index contributed by atoms with van der Waals surface area (Å²) < 4.78 is 18.7. The van der Waals surface area contributed by atoms with Gasteiger partial charge in [-0.15, -0.1) is 0 Å². The Morgan fingerprint density at radius 2 is 1.66 bits per heavy atom. The second-order valence-electron chi connectivity index (χ2n) is 17.1. The molecule has 61 heavy (non-hydrogen) atoms. The zero-order valence-electron chi connectivity index (χ0n) is 35.0. The summed E-state index contributed by atoms with van der Waals surface area (Å²) in [4.78, 5) is 52.9. The maximum Gasteiger partial charge on any atom is 0.251 e. The molecule has 3 aromatic carbocycles. The zero-order chi connectivity index (χ0) is 42.7. The Labute approximate surface area is 362 Å². The van der Waals surface area contributed by atoms with Crippen LogP contribution in [-0.2, 0) is 14.2 Å². The Balaban J connectivity index is 0.765. The molecule has 5 heterocycles. The molecule has 14 nitrogen and oxygen atoms in total. The summed E-state index contributed by atoms with van der Waals surface area (Å²) in [6.45, 7) is 11.1. The Bertz CT molecular complexity index is 2290. The van der Waals surface area contributed by atoms with Crippen molar-refractivity contribution in [2.45, 2.75) is 56.5 Å². The van der Waals surface area contributed by atoms with Crippen molar-refractivity contribution in [1.82, 2.24) is 30.4 Å². The molecule has 3 amide bonds. The molecule has 1 aromatic heterocycles. The van der Waals surface area contributed by atoms with Crippen molar-refractivity contribution in [3.05, 3.63) is 89.1 Å². The van der Waals surface area contributed by atoms with E-state index < -0.39 is 19.1 Å². The molecule has 0 aliphatic carbocycles. The summed E-state index contributed by atoms with van der Waals surface area (Å²) in [7, 11) is -0.863. The maximum absolute atomic E-state index is 12.9. The lowest BCUT2D eigenvalue weighted by atomic mass is 9.87. The fourth-order valence-corrected chi connectivity index (χ4v) is 10.3. The lowest BCUT2D eigenvalue weighted by Crippen LogP contribution is -2.61. The lowest BCUT2D eigenvalue weighted by Gasteiger charge is -2.49. The number of likely N-dealkylation sites (tertiary alicyclic amines) is 2. The molecule has 16 heteroatoms. The van der Waals surface area contributed by atoms with Crippen LogP contribution in [0.5, 0.6) is 5.75 Å². The van der Waals surface area contributed by atoms with Gasteiger partial charge in [-0.3, -0.25) is 29.5 Å². The fraction of sp³-hybridized carbons (Fsp3) is 0.444. The molecule has 8 rings (SSSR count). The Morgan fingerprint density at radius 3 is 2.36 bits per heavy atom. The molecule has 4 fully saturated rings. The van der Waals surface area contributed by atoms with Crippen molar-refractivity contribution >= 4 is 70.6 Å². The van der Waals surface area contributed by atoms with Crippen LogP contribution in [0, 0.1) is 5.92 Å². The number of carbonyl (C=O) groups is 3. The highest BCUT2D eigenvalue weighted by atomic mass is 35.5. The maximum atomic E-state index is 12.9. The van der Waals surface area contributed by atoms with Gasteiger partial charge < -0.3 is 30.2 Å². The minimum absolute atomic E-state index is 0.228. The van der Waals surface area contributed by atoms with Crippen LogP contribution in [0.1, 0.15) is 60.4 Å². The molecule has 322 valence electrons. The average molecular weight is 868 g/mol. The van der Waals surface area contributed by atoms with Crippen LogP contribution in [0.3, 0.4) is 0 Å². The highest BCUT2D eigenvalue weighted by Crippen LogP contribution is 2.40. The number of para-hydroxylation sites is 1. The van der Waals surface area contributed by atoms with Gasteiger partial charge in [-0.25, -0.2) is 4.98 Å². The van der Waals surface area contributed by atoms with Crippen LogP contribution in [0.25, 0.3) is 0 Å². The van der Waals surface area contributed by atoms with E-state index in [2.05, 4.69) is 58.1 Å². The third-order valence-corrected chi connectivity index (χ3v) is 14.4. The standard InChI is InChI=1S/C45H55ClN9O5P/c1-60-39-24-32(10-13-36(39)50-45-47-25-35(46)42(52-45)48-37-6-4-5-7-40(37)61(2,3)59)30-18-22-55(23-19-30)34-27-53(28-34)26-29-16-20-54(21-17-29)33-11-8-31(9-12-33)43(57)49-38-14-15-41(56)51-44(38)58/h4-13,24-25,29-30,34,38H,14-23,26-28H2,1-3H3,(H,49,57)(H,51,56,58)(H2,47,48,50,52). The van der Waals surface area contributed by atoms with E-state index in [0.717, 1.165) is 93.9 Å². The number of imide groups is 1. The van der Waals surface area contributed by atoms with Crippen molar-refractivity contribution in [2.24, 2.45) is 5.92 Å². The molecule has 4 aliphatic heterocycles. The average Bonchev–Trinajstić information content (AvgIpc) is 3.24. The van der Waals surface area contributed by atoms with Crippen LogP contribution in [-0.4, -0.2) is 116 Å². The molecular weight excluding hydrogens is 813 g/mol. The molecule has 0 bridgehead atoms. The molecule has 0 radical (unpaired) electrons. The van der Waals surface area contributed by atoms with E-state index in [1.807, 2.05) is 54.6 Å². The van der Waals surface area contributed by atoms with Crippen LogP contribution >= 0.6 is 18.7 Å². The number of ether oxygens (including phenoxy) is 1. The van der Waals surface area contributed by atoms with Crippen LogP contribution in [0.4, 0.5) is 28.8 Å². The fourth-order valence-electron chi connectivity index (χ4n) is 9.03. The number of hydrogen-bond donors (Lipinski definition) is 4. The molecule has 1 unspecified atom stereocenters. The number of rotatable bonds is 13. The van der Waals surface area contributed by atoms with E-state index in [0.29, 0.717) is 52.3 Å². The smallest absolute Gasteiger partial charge is 0.251 e. The van der Waals surface area contributed by atoms with Crippen molar-refractivity contribution in [2.75, 3.05) is 81.8 Å². The Kier molecular flexibility index (Phi) is 13.0. The van der Waals surface area contributed by atoms with Gasteiger partial charge in [-0.2, -0.15) is 4.98 Å². The minimum atomic E-state index is -2.54. The van der Waals surface area contributed by atoms with E-state index >= 15 is 0 Å². The van der Waals surface area contributed by atoms with Crippen molar-refractivity contribution in [3.8, 4) is 5.75 Å². The number of halogens is 1. The summed E-state index contributed by atoms with van der Waals surface area (Å²) in [6, 6.07) is 21.3. The number of anilines is 5. The highest BCUT2D eigenvalue weighted by molar-refractivity contribution is 7.70. The van der Waals surface area contributed by atoms with Crippen molar-refractivity contribution in [1.29, 1.82) is 0 Å². The number of methoxy groups -OCH3 is 1. The van der Waals surface area contributed by atoms with Crippen LogP contribution < -0.4 is 36.2 Å². The first kappa shape index (κ1) is 42.7. The number of benzene rings is 3. The molecule has 0 spiro atoms. The molecular formula is C45H55ClN9O5P. The molecule has 4 saturated heterocycles. The predicted molar refractivity (Wildman–Crippen MR) is 241 cm³/mol. The highest BCUT2D eigenvalue weighted by Gasteiger charge is 2.36. The molecule has 4 aromatic rings. The minimum Gasteiger partial charge on any atom is -0.495 e. The summed E-state index contributed by atoms with van der Waals surface area (Å²) >= 11 is 6.49. The number of hydrogen-bond acceptors (Lipinski definition) is 12. The SMILES string of the molecule is COc1cc(C2CCN(C3CN(CC4CCN(c5ccc(C(=O)NC6CCC(=O)NC6=O)cc5)CC4)C3)CC2)ccc1Nc1ncc(Cl)c(Nc2ccccc2P(C)(C)=O)n1. The number of carbonyl (C=O) groups excluding carboxylic acids is 3. The van der Waals surface area contributed by atoms with Crippen molar-refractivity contribution < 1.29 is 23.7 Å². The van der Waals surface area contributed by atoms with E-state index in [1.54, 1.807) is 26.6 Å². The predicted octanol–water partition coefficient (Wildman–Crippen LogP) is 6.19. The summed E-state index contributed by atoms with van der Waals surface area (Å²) in [6.07, 6.45) is 6.59. The van der Waals surface area contributed by atoms with Gasteiger partial charge in [0.05, 0.1) is 24.7 Å².